The van der Waals surface area contributed by atoms with Crippen LogP contribution in [0.3, 0.4) is 0 Å². The fourth-order valence-corrected chi connectivity index (χ4v) is 3.64. The van der Waals surface area contributed by atoms with Crippen LogP contribution in [0.15, 0.2) is 24.4 Å². The van der Waals surface area contributed by atoms with Crippen molar-refractivity contribution in [2.24, 2.45) is 5.73 Å². The average Bonchev–Trinajstić information content (AvgIpc) is 2.51. The Labute approximate surface area is 120 Å². The number of hydrogen-bond donors (Lipinski definition) is 1. The monoisotopic (exact) mass is 273 g/mol. The van der Waals surface area contributed by atoms with Crippen molar-refractivity contribution in [3.63, 3.8) is 0 Å². The zero-order chi connectivity index (χ0) is 13.9. The Morgan fingerprint density at radius 3 is 2.65 bits per heavy atom. The minimum atomic E-state index is -0.0412. The van der Waals surface area contributed by atoms with Crippen molar-refractivity contribution in [2.45, 2.75) is 63.1 Å². The Morgan fingerprint density at radius 2 is 1.95 bits per heavy atom. The number of nitrogens with two attached hydrogens (primary N) is 1. The van der Waals surface area contributed by atoms with Gasteiger partial charge < -0.3 is 10.6 Å². The summed E-state index contributed by atoms with van der Waals surface area (Å²) in [5.74, 6) is 0.259. The van der Waals surface area contributed by atoms with E-state index in [9.17, 15) is 4.79 Å². The van der Waals surface area contributed by atoms with Crippen LogP contribution in [0.25, 0.3) is 0 Å². The maximum absolute atomic E-state index is 12.5. The standard InChI is InChI=1S/C16H23N3O/c17-13-9-10-15(20)19(12-6-2-1-3-7-12)16(13)14-8-4-5-11-18-14/h4-5,8,11-13,16H,1-3,6-7,9-10,17H2. The number of piperidine rings is 1. The van der Waals surface area contributed by atoms with Crippen LogP contribution in [0, 0.1) is 0 Å². The molecule has 2 N–H and O–H groups in total. The van der Waals surface area contributed by atoms with Crippen molar-refractivity contribution in [2.75, 3.05) is 0 Å². The molecule has 4 nitrogen and oxygen atoms in total. The molecular weight excluding hydrogens is 250 g/mol. The number of carbonyl (C=O) groups excluding carboxylic acids is 1. The molecule has 1 aliphatic carbocycles. The summed E-state index contributed by atoms with van der Waals surface area (Å²) in [6.45, 7) is 0. The van der Waals surface area contributed by atoms with Crippen LogP contribution in [0.2, 0.25) is 0 Å². The molecule has 1 aromatic heterocycles. The van der Waals surface area contributed by atoms with Gasteiger partial charge in [0.05, 0.1) is 11.7 Å². The Morgan fingerprint density at radius 1 is 1.15 bits per heavy atom. The molecule has 0 spiro atoms. The van der Waals surface area contributed by atoms with Crippen molar-refractivity contribution < 1.29 is 4.79 Å². The lowest BCUT2D eigenvalue weighted by atomic mass is 9.87. The fourth-order valence-electron chi connectivity index (χ4n) is 3.64. The van der Waals surface area contributed by atoms with Crippen LogP contribution in [0.5, 0.6) is 0 Å². The Bertz CT molecular complexity index is 456. The van der Waals surface area contributed by atoms with Gasteiger partial charge in [0, 0.05) is 24.7 Å². The maximum Gasteiger partial charge on any atom is 0.223 e. The first kappa shape index (κ1) is 13.6. The number of carbonyl (C=O) groups is 1. The van der Waals surface area contributed by atoms with Crippen molar-refractivity contribution in [1.29, 1.82) is 0 Å². The first-order valence-electron chi connectivity index (χ1n) is 7.75. The summed E-state index contributed by atoms with van der Waals surface area (Å²) in [4.78, 5) is 19.0. The first-order chi connectivity index (χ1) is 9.77. The van der Waals surface area contributed by atoms with Crippen molar-refractivity contribution in [3.8, 4) is 0 Å². The molecule has 20 heavy (non-hydrogen) atoms. The molecule has 1 amide bonds. The zero-order valence-corrected chi connectivity index (χ0v) is 11.9. The molecule has 1 aromatic rings. The van der Waals surface area contributed by atoms with Crippen molar-refractivity contribution >= 4 is 5.91 Å². The van der Waals surface area contributed by atoms with Gasteiger partial charge in [-0.05, 0) is 31.4 Å². The molecular formula is C16H23N3O. The lowest BCUT2D eigenvalue weighted by molar-refractivity contribution is -0.141. The molecule has 2 fully saturated rings. The van der Waals surface area contributed by atoms with Gasteiger partial charge in [0.2, 0.25) is 5.91 Å². The predicted octanol–water partition coefficient (Wildman–Crippen LogP) is 2.41. The van der Waals surface area contributed by atoms with E-state index in [-0.39, 0.29) is 18.0 Å². The second-order valence-electron chi connectivity index (χ2n) is 5.99. The Balaban J connectivity index is 1.91. The average molecular weight is 273 g/mol. The van der Waals surface area contributed by atoms with E-state index in [4.69, 9.17) is 5.73 Å². The number of aromatic nitrogens is 1. The smallest absolute Gasteiger partial charge is 0.223 e. The third kappa shape index (κ3) is 2.57. The summed E-state index contributed by atoms with van der Waals surface area (Å²) in [5.41, 5.74) is 7.28. The summed E-state index contributed by atoms with van der Waals surface area (Å²) < 4.78 is 0. The second-order valence-corrected chi connectivity index (χ2v) is 5.99. The zero-order valence-electron chi connectivity index (χ0n) is 11.9. The van der Waals surface area contributed by atoms with E-state index in [0.717, 1.165) is 25.0 Å². The maximum atomic E-state index is 12.5. The van der Waals surface area contributed by atoms with Crippen LogP contribution < -0.4 is 5.73 Å². The molecule has 108 valence electrons. The van der Waals surface area contributed by atoms with E-state index >= 15 is 0 Å². The fraction of sp³-hybridized carbons (Fsp3) is 0.625. The van der Waals surface area contributed by atoms with Crippen LogP contribution in [-0.4, -0.2) is 27.9 Å². The number of amides is 1. The summed E-state index contributed by atoms with van der Waals surface area (Å²) in [6, 6.07) is 6.20. The van der Waals surface area contributed by atoms with Crippen LogP contribution in [0.4, 0.5) is 0 Å². The van der Waals surface area contributed by atoms with E-state index in [1.165, 1.54) is 19.3 Å². The highest BCUT2D eigenvalue weighted by atomic mass is 16.2. The topological polar surface area (TPSA) is 59.2 Å². The van der Waals surface area contributed by atoms with Crippen LogP contribution >= 0.6 is 0 Å². The molecule has 0 aromatic carbocycles. The minimum Gasteiger partial charge on any atom is -0.330 e. The van der Waals surface area contributed by atoms with Crippen LogP contribution in [0.1, 0.15) is 56.7 Å². The Hall–Kier alpha value is -1.42. The molecule has 2 atom stereocenters. The van der Waals surface area contributed by atoms with Gasteiger partial charge >= 0.3 is 0 Å². The highest BCUT2D eigenvalue weighted by Gasteiger charge is 2.39. The Kier molecular flexibility index (Phi) is 4.01. The number of likely N-dealkylation sites (tertiary alicyclic amines) is 1. The lowest BCUT2D eigenvalue weighted by Crippen LogP contribution is -2.53. The molecule has 0 bridgehead atoms. The highest BCUT2D eigenvalue weighted by Crippen LogP contribution is 2.35. The van der Waals surface area contributed by atoms with Crippen LogP contribution in [-0.2, 0) is 4.79 Å². The normalized spacial score (nSPS) is 28.6. The van der Waals surface area contributed by atoms with Gasteiger partial charge in [-0.2, -0.15) is 0 Å². The molecule has 1 saturated carbocycles. The first-order valence-corrected chi connectivity index (χ1v) is 7.75. The molecule has 1 aliphatic heterocycles. The van der Waals surface area contributed by atoms with E-state index in [0.29, 0.717) is 12.5 Å². The predicted molar refractivity (Wildman–Crippen MR) is 77.9 cm³/mol. The van der Waals surface area contributed by atoms with E-state index in [1.54, 1.807) is 6.20 Å². The van der Waals surface area contributed by atoms with Gasteiger partial charge in [0.25, 0.3) is 0 Å². The number of hydrogen-bond acceptors (Lipinski definition) is 3. The summed E-state index contributed by atoms with van der Waals surface area (Å²) in [5, 5.41) is 0. The number of rotatable bonds is 2. The van der Waals surface area contributed by atoms with Gasteiger partial charge in [0.15, 0.2) is 0 Å². The van der Waals surface area contributed by atoms with Crippen molar-refractivity contribution in [3.05, 3.63) is 30.1 Å². The molecule has 2 heterocycles. The van der Waals surface area contributed by atoms with Gasteiger partial charge in [-0.1, -0.05) is 25.3 Å². The minimum absolute atomic E-state index is 0.00419. The molecule has 1 saturated heterocycles. The molecule has 0 radical (unpaired) electrons. The van der Waals surface area contributed by atoms with Gasteiger partial charge in [-0.3, -0.25) is 9.78 Å². The largest absolute Gasteiger partial charge is 0.330 e. The highest BCUT2D eigenvalue weighted by molar-refractivity contribution is 5.78. The third-order valence-corrected chi connectivity index (χ3v) is 4.64. The molecule has 2 aliphatic rings. The number of nitrogens with zero attached hydrogens (tertiary/aromatic N) is 2. The summed E-state index contributed by atoms with van der Waals surface area (Å²) >= 11 is 0. The molecule has 4 heteroatoms. The van der Waals surface area contributed by atoms with E-state index < -0.39 is 0 Å². The van der Waals surface area contributed by atoms with Gasteiger partial charge in [0.1, 0.15) is 0 Å². The molecule has 2 unspecified atom stereocenters. The lowest BCUT2D eigenvalue weighted by Gasteiger charge is -2.45. The van der Waals surface area contributed by atoms with E-state index in [1.807, 2.05) is 18.2 Å². The SMILES string of the molecule is NC1CCC(=O)N(C2CCCCC2)C1c1ccccn1. The van der Waals surface area contributed by atoms with E-state index in [2.05, 4.69) is 9.88 Å². The summed E-state index contributed by atoms with van der Waals surface area (Å²) in [7, 11) is 0. The van der Waals surface area contributed by atoms with Gasteiger partial charge in [-0.25, -0.2) is 0 Å². The van der Waals surface area contributed by atoms with Crippen molar-refractivity contribution in [1.82, 2.24) is 9.88 Å². The second kappa shape index (κ2) is 5.92. The van der Waals surface area contributed by atoms with Gasteiger partial charge in [-0.15, -0.1) is 0 Å². The third-order valence-electron chi connectivity index (χ3n) is 4.64. The molecule has 3 rings (SSSR count). The quantitative estimate of drug-likeness (QED) is 0.900. The summed E-state index contributed by atoms with van der Waals surface area (Å²) in [6.07, 6.45) is 9.10. The number of pyridine rings is 1.